The van der Waals surface area contributed by atoms with Crippen molar-refractivity contribution in [2.75, 3.05) is 12.3 Å². The van der Waals surface area contributed by atoms with Crippen LogP contribution in [0.2, 0.25) is 5.02 Å². The number of aromatic nitrogens is 3. The SMILES string of the molecule is Nc1nc2cc(-c3ccc(Cl)c(C(=O)NCCC(O)c4ccc(C(F)(F)F)cc4)c3F)ccn2n1. The third-order valence-electron chi connectivity index (χ3n) is 5.31. The van der Waals surface area contributed by atoms with Gasteiger partial charge in [0.15, 0.2) is 5.65 Å². The zero-order chi connectivity index (χ0) is 25.3. The summed E-state index contributed by atoms with van der Waals surface area (Å²) in [5, 5.41) is 16.6. The van der Waals surface area contributed by atoms with Gasteiger partial charge in [0.25, 0.3) is 5.91 Å². The van der Waals surface area contributed by atoms with Crippen molar-refractivity contribution < 1.29 is 27.5 Å². The summed E-state index contributed by atoms with van der Waals surface area (Å²) in [6.45, 7) is -0.0774. The largest absolute Gasteiger partial charge is 0.416 e. The lowest BCUT2D eigenvalue weighted by atomic mass is 10.0. The van der Waals surface area contributed by atoms with E-state index in [1.807, 2.05) is 0 Å². The summed E-state index contributed by atoms with van der Waals surface area (Å²) in [5.41, 5.74) is 5.52. The molecule has 0 spiro atoms. The topological polar surface area (TPSA) is 106 Å². The number of aliphatic hydroxyl groups excluding tert-OH is 1. The minimum Gasteiger partial charge on any atom is -0.388 e. The number of nitrogens with one attached hydrogen (secondary N) is 1. The third kappa shape index (κ3) is 5.20. The molecule has 7 nitrogen and oxygen atoms in total. The number of rotatable bonds is 6. The number of pyridine rings is 1. The summed E-state index contributed by atoms with van der Waals surface area (Å²) in [4.78, 5) is 16.7. The molecule has 0 bridgehead atoms. The summed E-state index contributed by atoms with van der Waals surface area (Å²) < 4.78 is 54.8. The number of anilines is 1. The molecule has 4 aromatic rings. The van der Waals surface area contributed by atoms with Crippen molar-refractivity contribution in [3.63, 3.8) is 0 Å². The molecule has 0 fully saturated rings. The number of nitrogens with two attached hydrogens (primary N) is 1. The van der Waals surface area contributed by atoms with E-state index in [1.165, 1.54) is 16.6 Å². The van der Waals surface area contributed by atoms with E-state index in [9.17, 15) is 23.1 Å². The number of hydrogen-bond acceptors (Lipinski definition) is 5. The molecular formula is C23H18ClF4N5O2. The molecule has 4 N–H and O–H groups in total. The molecule has 0 saturated heterocycles. The summed E-state index contributed by atoms with van der Waals surface area (Å²) in [5.74, 6) is -1.60. The Balaban J connectivity index is 1.46. The quantitative estimate of drug-likeness (QED) is 0.330. The fraction of sp³-hybridized carbons (Fsp3) is 0.174. The van der Waals surface area contributed by atoms with Crippen molar-refractivity contribution >= 4 is 29.1 Å². The maximum atomic E-state index is 15.3. The molecular weight excluding hydrogens is 490 g/mol. The van der Waals surface area contributed by atoms with Crippen LogP contribution in [0, 0.1) is 5.82 Å². The Hall–Kier alpha value is -3.70. The molecule has 2 heterocycles. The minimum absolute atomic E-state index is 0.0129. The van der Waals surface area contributed by atoms with Gasteiger partial charge >= 0.3 is 6.18 Å². The molecule has 4 rings (SSSR count). The van der Waals surface area contributed by atoms with Crippen molar-refractivity contribution in [3.8, 4) is 11.1 Å². The summed E-state index contributed by atoms with van der Waals surface area (Å²) in [6, 6.07) is 9.99. The Kier molecular flexibility index (Phi) is 6.64. The van der Waals surface area contributed by atoms with Gasteiger partial charge in [-0.05, 0) is 53.9 Å². The fourth-order valence-corrected chi connectivity index (χ4v) is 3.75. The smallest absolute Gasteiger partial charge is 0.388 e. The number of amides is 1. The van der Waals surface area contributed by atoms with Crippen molar-refractivity contribution in [2.45, 2.75) is 18.7 Å². The number of nitrogen functional groups attached to an aromatic ring is 1. The highest BCUT2D eigenvalue weighted by Gasteiger charge is 2.30. The average molecular weight is 508 g/mol. The molecule has 0 aliphatic carbocycles. The third-order valence-corrected chi connectivity index (χ3v) is 5.62. The van der Waals surface area contributed by atoms with E-state index in [2.05, 4.69) is 15.4 Å². The van der Waals surface area contributed by atoms with Crippen molar-refractivity contribution in [1.82, 2.24) is 19.9 Å². The first kappa shape index (κ1) is 24.4. The number of carbonyl (C=O) groups excluding carboxylic acids is 1. The number of alkyl halides is 3. The molecule has 35 heavy (non-hydrogen) atoms. The van der Waals surface area contributed by atoms with E-state index in [-0.39, 0.29) is 40.6 Å². The Morgan fingerprint density at radius 2 is 1.89 bits per heavy atom. The fourth-order valence-electron chi connectivity index (χ4n) is 3.52. The second kappa shape index (κ2) is 9.51. The predicted molar refractivity (Wildman–Crippen MR) is 121 cm³/mol. The number of aliphatic hydroxyl groups is 1. The Morgan fingerprint density at radius 1 is 1.17 bits per heavy atom. The molecule has 1 unspecified atom stereocenters. The Bertz CT molecular complexity index is 1390. The van der Waals surface area contributed by atoms with Crippen molar-refractivity contribution in [1.29, 1.82) is 0 Å². The predicted octanol–water partition coefficient (Wildman–Crippen LogP) is 4.64. The first-order chi connectivity index (χ1) is 16.5. The molecule has 0 aliphatic rings. The Labute approximate surface area is 201 Å². The molecule has 1 amide bonds. The van der Waals surface area contributed by atoms with E-state index in [4.69, 9.17) is 17.3 Å². The number of halogens is 5. The molecule has 1 atom stereocenters. The number of fused-ring (bicyclic) bond motifs is 1. The molecule has 2 aromatic heterocycles. The standard InChI is InChI=1S/C23H18ClF4N5O2/c24-16-6-5-15(13-8-10-33-18(11-13)31-22(29)32-33)20(25)19(16)21(35)30-9-7-17(34)12-1-3-14(4-2-12)23(26,27)28/h1-6,8,10-11,17,34H,7,9H2,(H2,29,32)(H,30,35). The highest BCUT2D eigenvalue weighted by molar-refractivity contribution is 6.34. The molecule has 0 saturated carbocycles. The van der Waals surface area contributed by atoms with Crippen molar-refractivity contribution in [3.05, 3.63) is 82.3 Å². The van der Waals surface area contributed by atoms with E-state index in [0.29, 0.717) is 11.2 Å². The summed E-state index contributed by atoms with van der Waals surface area (Å²) >= 11 is 6.09. The summed E-state index contributed by atoms with van der Waals surface area (Å²) in [6.07, 6.45) is -4.08. The van der Waals surface area contributed by atoms with Crippen LogP contribution in [0.25, 0.3) is 16.8 Å². The lowest BCUT2D eigenvalue weighted by molar-refractivity contribution is -0.137. The summed E-state index contributed by atoms with van der Waals surface area (Å²) in [7, 11) is 0. The van der Waals surface area contributed by atoms with Gasteiger partial charge in [-0.3, -0.25) is 4.79 Å². The highest BCUT2D eigenvalue weighted by Crippen LogP contribution is 2.31. The van der Waals surface area contributed by atoms with Crippen LogP contribution >= 0.6 is 11.6 Å². The molecule has 12 heteroatoms. The van der Waals surface area contributed by atoms with Gasteiger partial charge in [-0.15, -0.1) is 5.10 Å². The van der Waals surface area contributed by atoms with Gasteiger partial charge in [0.05, 0.1) is 22.3 Å². The monoisotopic (exact) mass is 507 g/mol. The van der Waals surface area contributed by atoms with Gasteiger partial charge < -0.3 is 16.2 Å². The van der Waals surface area contributed by atoms with Crippen LogP contribution in [-0.4, -0.2) is 32.2 Å². The van der Waals surface area contributed by atoms with Gasteiger partial charge in [-0.25, -0.2) is 8.91 Å². The van der Waals surface area contributed by atoms with E-state index in [0.717, 1.165) is 24.3 Å². The second-order valence-corrected chi connectivity index (χ2v) is 8.06. The maximum Gasteiger partial charge on any atom is 0.416 e. The van der Waals surface area contributed by atoms with Crippen LogP contribution in [0.4, 0.5) is 23.5 Å². The number of benzene rings is 2. The van der Waals surface area contributed by atoms with Crippen LogP contribution in [0.3, 0.4) is 0 Å². The van der Waals surface area contributed by atoms with Crippen molar-refractivity contribution in [2.24, 2.45) is 0 Å². The first-order valence-electron chi connectivity index (χ1n) is 10.3. The van der Waals surface area contributed by atoms with Crippen LogP contribution in [0.5, 0.6) is 0 Å². The number of carbonyl (C=O) groups is 1. The molecule has 0 aliphatic heterocycles. The van der Waals surface area contributed by atoms with E-state index < -0.39 is 29.6 Å². The zero-order valence-electron chi connectivity index (χ0n) is 17.9. The number of nitrogens with zero attached hydrogens (tertiary/aromatic N) is 3. The number of hydrogen-bond donors (Lipinski definition) is 3. The minimum atomic E-state index is -4.48. The lowest BCUT2D eigenvalue weighted by Crippen LogP contribution is -2.27. The average Bonchev–Trinajstić information content (AvgIpc) is 3.18. The van der Waals surface area contributed by atoms with Gasteiger partial charge in [0.1, 0.15) is 5.82 Å². The van der Waals surface area contributed by atoms with Crippen LogP contribution < -0.4 is 11.1 Å². The van der Waals surface area contributed by atoms with E-state index in [1.54, 1.807) is 18.3 Å². The second-order valence-electron chi connectivity index (χ2n) is 7.65. The molecule has 2 aromatic carbocycles. The van der Waals surface area contributed by atoms with E-state index >= 15 is 4.39 Å². The van der Waals surface area contributed by atoms with Gasteiger partial charge in [-0.1, -0.05) is 23.7 Å². The molecule has 182 valence electrons. The Morgan fingerprint density at radius 3 is 2.57 bits per heavy atom. The van der Waals surface area contributed by atoms with Crippen LogP contribution in [-0.2, 0) is 6.18 Å². The zero-order valence-corrected chi connectivity index (χ0v) is 18.6. The normalized spacial score (nSPS) is 12.6. The van der Waals surface area contributed by atoms with Gasteiger partial charge in [-0.2, -0.15) is 18.2 Å². The first-order valence-corrected chi connectivity index (χ1v) is 10.7. The van der Waals surface area contributed by atoms with Crippen LogP contribution in [0.15, 0.2) is 54.7 Å². The maximum absolute atomic E-state index is 15.3. The van der Waals surface area contributed by atoms with Crippen LogP contribution in [0.1, 0.15) is 34.0 Å². The highest BCUT2D eigenvalue weighted by atomic mass is 35.5. The van der Waals surface area contributed by atoms with Gasteiger partial charge in [0.2, 0.25) is 5.95 Å². The lowest BCUT2D eigenvalue weighted by Gasteiger charge is -2.14. The molecule has 0 radical (unpaired) electrons. The van der Waals surface area contributed by atoms with Gasteiger partial charge in [0, 0.05) is 18.3 Å².